The van der Waals surface area contributed by atoms with Crippen molar-refractivity contribution in [2.75, 3.05) is 13.1 Å². The number of rotatable bonds is 5. The summed E-state index contributed by atoms with van der Waals surface area (Å²) in [5.74, 6) is 0. The van der Waals surface area contributed by atoms with Crippen LogP contribution >= 0.6 is 0 Å². The van der Waals surface area contributed by atoms with Gasteiger partial charge >= 0.3 is 0 Å². The maximum Gasteiger partial charge on any atom is 0.00979 e. The van der Waals surface area contributed by atoms with Gasteiger partial charge in [-0.25, -0.2) is 0 Å². The molecule has 0 saturated heterocycles. The molecule has 0 amide bonds. The smallest absolute Gasteiger partial charge is 0.00979 e. The van der Waals surface area contributed by atoms with Gasteiger partial charge in [0.15, 0.2) is 0 Å². The number of hydrogen-bond acceptors (Lipinski definition) is 2. The van der Waals surface area contributed by atoms with E-state index in [1.165, 1.54) is 32.2 Å². The third-order valence-electron chi connectivity index (χ3n) is 3.08. The summed E-state index contributed by atoms with van der Waals surface area (Å²) in [6.45, 7) is 6.62. The van der Waals surface area contributed by atoms with Crippen molar-refractivity contribution in [2.24, 2.45) is 5.73 Å². The molecule has 0 heterocycles. The number of nitrogens with two attached hydrogens (primary N) is 1. The molecule has 2 nitrogen and oxygen atoms in total. The minimum Gasteiger partial charge on any atom is -0.330 e. The highest BCUT2D eigenvalue weighted by Crippen LogP contribution is 2.24. The predicted octanol–water partition coefficient (Wildman–Crippen LogP) is 1.99. The van der Waals surface area contributed by atoms with Crippen molar-refractivity contribution in [3.63, 3.8) is 0 Å². The minimum atomic E-state index is 0.689. The molecule has 0 spiro atoms. The first-order chi connectivity index (χ1) is 6.25. The third kappa shape index (κ3) is 3.28. The largest absolute Gasteiger partial charge is 0.330 e. The summed E-state index contributed by atoms with van der Waals surface area (Å²) in [5, 5.41) is 0. The summed E-state index contributed by atoms with van der Waals surface area (Å²) in [5.41, 5.74) is 5.55. The van der Waals surface area contributed by atoms with Gasteiger partial charge in [0, 0.05) is 12.1 Å². The highest BCUT2D eigenvalue weighted by molar-refractivity contribution is 4.79. The Bertz CT molecular complexity index is 128. The summed E-state index contributed by atoms with van der Waals surface area (Å²) in [6.07, 6.45) is 6.81. The molecular weight excluding hydrogens is 160 g/mol. The van der Waals surface area contributed by atoms with Crippen LogP contribution in [0.5, 0.6) is 0 Å². The summed E-state index contributed by atoms with van der Waals surface area (Å²) in [4.78, 5) is 2.64. The molecule has 0 radical (unpaired) electrons. The monoisotopic (exact) mass is 184 g/mol. The highest BCUT2D eigenvalue weighted by Gasteiger charge is 2.23. The van der Waals surface area contributed by atoms with Crippen LogP contribution in [0.25, 0.3) is 0 Å². The van der Waals surface area contributed by atoms with Crippen molar-refractivity contribution in [2.45, 2.75) is 58.0 Å². The van der Waals surface area contributed by atoms with Gasteiger partial charge in [-0.2, -0.15) is 0 Å². The van der Waals surface area contributed by atoms with Crippen LogP contribution in [0.15, 0.2) is 0 Å². The summed E-state index contributed by atoms with van der Waals surface area (Å²) < 4.78 is 0. The van der Waals surface area contributed by atoms with Gasteiger partial charge < -0.3 is 5.73 Å². The van der Waals surface area contributed by atoms with E-state index < -0.39 is 0 Å². The third-order valence-corrected chi connectivity index (χ3v) is 3.08. The molecule has 13 heavy (non-hydrogen) atoms. The van der Waals surface area contributed by atoms with Crippen LogP contribution in [-0.4, -0.2) is 30.1 Å². The van der Waals surface area contributed by atoms with Crippen molar-refractivity contribution in [1.82, 2.24) is 4.90 Å². The van der Waals surface area contributed by atoms with Gasteiger partial charge in [0.2, 0.25) is 0 Å². The first kappa shape index (κ1) is 11.0. The van der Waals surface area contributed by atoms with E-state index in [2.05, 4.69) is 18.7 Å². The van der Waals surface area contributed by atoms with Crippen LogP contribution in [0.3, 0.4) is 0 Å². The number of hydrogen-bond donors (Lipinski definition) is 1. The van der Waals surface area contributed by atoms with Crippen molar-refractivity contribution in [1.29, 1.82) is 0 Å². The fraction of sp³-hybridized carbons (Fsp3) is 1.00. The molecule has 0 aromatic heterocycles. The Balaban J connectivity index is 2.36. The molecule has 78 valence electrons. The van der Waals surface area contributed by atoms with Crippen LogP contribution in [0.2, 0.25) is 0 Å². The molecule has 1 aliphatic carbocycles. The topological polar surface area (TPSA) is 29.3 Å². The van der Waals surface area contributed by atoms with E-state index >= 15 is 0 Å². The second-order valence-corrected chi connectivity index (χ2v) is 4.41. The average Bonchev–Trinajstić information content (AvgIpc) is 2.57. The van der Waals surface area contributed by atoms with E-state index in [1.54, 1.807) is 0 Å². The van der Waals surface area contributed by atoms with Gasteiger partial charge in [-0.3, -0.25) is 4.90 Å². The lowest BCUT2D eigenvalue weighted by Gasteiger charge is -2.32. The Labute approximate surface area is 82.5 Å². The SMILES string of the molecule is CC(C)N(CCCN)C1CCCC1. The van der Waals surface area contributed by atoms with Gasteiger partial charge in [0.05, 0.1) is 0 Å². The standard InChI is InChI=1S/C11H24N2/c1-10(2)13(9-5-8-12)11-6-3-4-7-11/h10-11H,3-9,12H2,1-2H3. The van der Waals surface area contributed by atoms with Crippen LogP contribution in [0.4, 0.5) is 0 Å². The minimum absolute atomic E-state index is 0.689. The van der Waals surface area contributed by atoms with Gasteiger partial charge in [-0.15, -0.1) is 0 Å². The molecule has 1 saturated carbocycles. The lowest BCUT2D eigenvalue weighted by atomic mass is 10.1. The quantitative estimate of drug-likeness (QED) is 0.708. The van der Waals surface area contributed by atoms with E-state index in [4.69, 9.17) is 5.73 Å². The maximum atomic E-state index is 5.55. The molecule has 2 N–H and O–H groups in total. The second-order valence-electron chi connectivity index (χ2n) is 4.41. The Morgan fingerprint density at radius 3 is 2.38 bits per heavy atom. The van der Waals surface area contributed by atoms with Crippen LogP contribution in [0.1, 0.15) is 46.0 Å². The molecule has 0 atom stereocenters. The lowest BCUT2D eigenvalue weighted by Crippen LogP contribution is -2.40. The van der Waals surface area contributed by atoms with E-state index in [9.17, 15) is 0 Å². The van der Waals surface area contributed by atoms with Crippen molar-refractivity contribution < 1.29 is 0 Å². The molecular formula is C11H24N2. The zero-order chi connectivity index (χ0) is 9.68. The normalized spacial score (nSPS) is 19.2. The molecule has 1 aliphatic rings. The first-order valence-corrected chi connectivity index (χ1v) is 5.71. The van der Waals surface area contributed by atoms with Crippen LogP contribution < -0.4 is 5.73 Å². The fourth-order valence-corrected chi connectivity index (χ4v) is 2.37. The van der Waals surface area contributed by atoms with Gasteiger partial charge in [-0.05, 0) is 46.2 Å². The molecule has 0 aromatic carbocycles. The molecule has 0 unspecified atom stereocenters. The Morgan fingerprint density at radius 1 is 1.31 bits per heavy atom. The fourth-order valence-electron chi connectivity index (χ4n) is 2.37. The second kappa shape index (κ2) is 5.61. The van der Waals surface area contributed by atoms with Crippen LogP contribution in [-0.2, 0) is 0 Å². The zero-order valence-electron chi connectivity index (χ0n) is 9.13. The molecule has 0 aliphatic heterocycles. The highest BCUT2D eigenvalue weighted by atomic mass is 15.2. The van der Waals surface area contributed by atoms with Gasteiger partial charge in [0.25, 0.3) is 0 Å². The summed E-state index contributed by atoms with van der Waals surface area (Å²) in [7, 11) is 0. The average molecular weight is 184 g/mol. The number of nitrogens with zero attached hydrogens (tertiary/aromatic N) is 1. The predicted molar refractivity (Wildman–Crippen MR) is 57.8 cm³/mol. The molecule has 0 aromatic rings. The molecule has 1 rings (SSSR count). The zero-order valence-corrected chi connectivity index (χ0v) is 9.13. The van der Waals surface area contributed by atoms with Gasteiger partial charge in [0.1, 0.15) is 0 Å². The van der Waals surface area contributed by atoms with E-state index in [0.717, 1.165) is 19.0 Å². The molecule has 2 heteroatoms. The molecule has 0 bridgehead atoms. The van der Waals surface area contributed by atoms with Gasteiger partial charge in [-0.1, -0.05) is 12.8 Å². The van der Waals surface area contributed by atoms with E-state index in [0.29, 0.717) is 6.04 Å². The Morgan fingerprint density at radius 2 is 1.92 bits per heavy atom. The van der Waals surface area contributed by atoms with Crippen molar-refractivity contribution in [3.8, 4) is 0 Å². The van der Waals surface area contributed by atoms with E-state index in [-0.39, 0.29) is 0 Å². The van der Waals surface area contributed by atoms with Crippen LogP contribution in [0, 0.1) is 0 Å². The first-order valence-electron chi connectivity index (χ1n) is 5.71. The van der Waals surface area contributed by atoms with Crippen molar-refractivity contribution in [3.05, 3.63) is 0 Å². The summed E-state index contributed by atoms with van der Waals surface area (Å²) >= 11 is 0. The lowest BCUT2D eigenvalue weighted by molar-refractivity contribution is 0.154. The van der Waals surface area contributed by atoms with E-state index in [1.807, 2.05) is 0 Å². The Hall–Kier alpha value is -0.0800. The molecule has 1 fully saturated rings. The Kier molecular flexibility index (Phi) is 4.74. The van der Waals surface area contributed by atoms with Crippen molar-refractivity contribution >= 4 is 0 Å². The maximum absolute atomic E-state index is 5.55. The summed E-state index contributed by atoms with van der Waals surface area (Å²) in [6, 6.07) is 1.54.